The van der Waals surface area contributed by atoms with Gasteiger partial charge in [-0.25, -0.2) is 4.98 Å². The lowest BCUT2D eigenvalue weighted by atomic mass is 10.1. The molecule has 6 heteroatoms. The molecule has 0 aliphatic heterocycles. The van der Waals surface area contributed by atoms with Crippen molar-refractivity contribution in [3.8, 4) is 5.75 Å². The van der Waals surface area contributed by atoms with Crippen LogP contribution in [0.5, 0.6) is 5.75 Å². The van der Waals surface area contributed by atoms with Gasteiger partial charge in [-0.2, -0.15) is 8.78 Å². The lowest BCUT2D eigenvalue weighted by molar-refractivity contribution is -0.0499. The summed E-state index contributed by atoms with van der Waals surface area (Å²) in [4.78, 5) is 3.98. The van der Waals surface area contributed by atoms with Crippen molar-refractivity contribution in [1.29, 1.82) is 0 Å². The first kappa shape index (κ1) is 15.4. The van der Waals surface area contributed by atoms with E-state index in [2.05, 4.69) is 15.0 Å². The molecule has 0 aliphatic rings. The van der Waals surface area contributed by atoms with Gasteiger partial charge in [0.1, 0.15) is 5.75 Å². The predicted octanol–water partition coefficient (Wildman–Crippen LogP) is 3.23. The highest BCUT2D eigenvalue weighted by Crippen LogP contribution is 2.20. The summed E-state index contributed by atoms with van der Waals surface area (Å²) >= 11 is 0. The molecule has 114 valence electrons. The van der Waals surface area contributed by atoms with Gasteiger partial charge in [0.2, 0.25) is 0 Å². The number of halogens is 2. The first-order chi connectivity index (χ1) is 10.1. The third-order valence-electron chi connectivity index (χ3n) is 3.19. The largest absolute Gasteiger partial charge is 0.435 e. The first-order valence-corrected chi connectivity index (χ1v) is 6.89. The van der Waals surface area contributed by atoms with Gasteiger partial charge in [0, 0.05) is 25.0 Å². The van der Waals surface area contributed by atoms with Crippen molar-refractivity contribution in [1.82, 2.24) is 14.9 Å². The van der Waals surface area contributed by atoms with Crippen LogP contribution < -0.4 is 10.1 Å². The molecule has 0 aliphatic carbocycles. The number of aromatic nitrogens is 2. The highest BCUT2D eigenvalue weighted by atomic mass is 19.3. The number of hydrogen-bond acceptors (Lipinski definition) is 3. The van der Waals surface area contributed by atoms with Crippen LogP contribution in [-0.2, 0) is 6.54 Å². The summed E-state index contributed by atoms with van der Waals surface area (Å²) in [6, 6.07) is 6.86. The Morgan fingerprint density at radius 2 is 2.24 bits per heavy atom. The van der Waals surface area contributed by atoms with E-state index < -0.39 is 6.61 Å². The molecule has 21 heavy (non-hydrogen) atoms. The standard InChI is InChI=1S/C15H19F2N3O/c1-12(19-6-3-8-20-9-7-18-11-20)13-4-2-5-14(10-13)21-15(16)17/h2,4-5,7,9-12,15,19H,3,6,8H2,1H3. The minimum atomic E-state index is -2.79. The van der Waals surface area contributed by atoms with Gasteiger partial charge in [-0.15, -0.1) is 0 Å². The number of nitrogens with one attached hydrogen (secondary N) is 1. The van der Waals surface area contributed by atoms with E-state index in [9.17, 15) is 8.78 Å². The van der Waals surface area contributed by atoms with Gasteiger partial charge in [-0.3, -0.25) is 0 Å². The fourth-order valence-electron chi connectivity index (χ4n) is 2.08. The van der Waals surface area contributed by atoms with Gasteiger partial charge in [0.15, 0.2) is 0 Å². The molecule has 0 saturated carbocycles. The number of imidazole rings is 1. The number of nitrogens with zero attached hydrogens (tertiary/aromatic N) is 2. The molecule has 2 aromatic rings. The molecule has 2 rings (SSSR count). The fraction of sp³-hybridized carbons (Fsp3) is 0.400. The molecule has 1 heterocycles. The van der Waals surface area contributed by atoms with Crippen molar-refractivity contribution in [2.24, 2.45) is 0 Å². The second-order valence-corrected chi connectivity index (χ2v) is 4.78. The van der Waals surface area contributed by atoms with Gasteiger partial charge >= 0.3 is 6.61 Å². The summed E-state index contributed by atoms with van der Waals surface area (Å²) in [5.74, 6) is 0.189. The maximum atomic E-state index is 12.2. The van der Waals surface area contributed by atoms with E-state index in [1.807, 2.05) is 23.8 Å². The smallest absolute Gasteiger partial charge is 0.387 e. The summed E-state index contributed by atoms with van der Waals surface area (Å²) in [6.45, 7) is 0.936. The van der Waals surface area contributed by atoms with Crippen molar-refractivity contribution in [2.75, 3.05) is 6.54 Å². The minimum absolute atomic E-state index is 0.0778. The molecular weight excluding hydrogens is 276 g/mol. The van der Waals surface area contributed by atoms with Crippen LogP contribution in [0.3, 0.4) is 0 Å². The van der Waals surface area contributed by atoms with E-state index in [0.717, 1.165) is 25.1 Å². The Balaban J connectivity index is 1.78. The zero-order chi connectivity index (χ0) is 15.1. The predicted molar refractivity (Wildman–Crippen MR) is 76.3 cm³/mol. The maximum absolute atomic E-state index is 12.2. The highest BCUT2D eigenvalue weighted by Gasteiger charge is 2.08. The Labute approximate surface area is 122 Å². The van der Waals surface area contributed by atoms with E-state index in [0.29, 0.717) is 0 Å². The number of ether oxygens (including phenoxy) is 1. The van der Waals surface area contributed by atoms with Crippen LogP contribution in [0, 0.1) is 0 Å². The molecule has 0 saturated heterocycles. The molecule has 1 unspecified atom stereocenters. The monoisotopic (exact) mass is 295 g/mol. The molecule has 0 spiro atoms. The topological polar surface area (TPSA) is 39.1 Å². The van der Waals surface area contributed by atoms with E-state index in [-0.39, 0.29) is 11.8 Å². The van der Waals surface area contributed by atoms with Gasteiger partial charge in [-0.05, 0) is 37.6 Å². The molecule has 1 N–H and O–H groups in total. The molecule has 0 radical (unpaired) electrons. The van der Waals surface area contributed by atoms with Crippen LogP contribution in [0.2, 0.25) is 0 Å². The van der Waals surface area contributed by atoms with Gasteiger partial charge in [0.25, 0.3) is 0 Å². The SMILES string of the molecule is CC(NCCCn1ccnc1)c1cccc(OC(F)F)c1. The van der Waals surface area contributed by atoms with Crippen LogP contribution in [-0.4, -0.2) is 22.7 Å². The highest BCUT2D eigenvalue weighted by molar-refractivity contribution is 5.30. The molecule has 0 amide bonds. The lowest BCUT2D eigenvalue weighted by Gasteiger charge is -2.15. The van der Waals surface area contributed by atoms with Crippen LogP contribution in [0.1, 0.15) is 24.9 Å². The summed E-state index contributed by atoms with van der Waals surface area (Å²) in [7, 11) is 0. The zero-order valence-corrected chi connectivity index (χ0v) is 11.9. The third kappa shape index (κ3) is 5.15. The van der Waals surface area contributed by atoms with Crippen molar-refractivity contribution >= 4 is 0 Å². The average molecular weight is 295 g/mol. The zero-order valence-electron chi connectivity index (χ0n) is 11.9. The Morgan fingerprint density at radius 1 is 1.38 bits per heavy atom. The lowest BCUT2D eigenvalue weighted by Crippen LogP contribution is -2.21. The molecule has 4 nitrogen and oxygen atoms in total. The fourth-order valence-corrected chi connectivity index (χ4v) is 2.08. The summed E-state index contributed by atoms with van der Waals surface area (Å²) < 4.78 is 30.8. The third-order valence-corrected chi connectivity index (χ3v) is 3.19. The van der Waals surface area contributed by atoms with Gasteiger partial charge < -0.3 is 14.6 Å². The maximum Gasteiger partial charge on any atom is 0.387 e. The number of hydrogen-bond donors (Lipinski definition) is 1. The summed E-state index contributed by atoms with van der Waals surface area (Å²) in [5, 5.41) is 3.37. The Bertz CT molecular complexity index is 531. The van der Waals surface area contributed by atoms with Crippen molar-refractivity contribution in [3.63, 3.8) is 0 Å². The van der Waals surface area contributed by atoms with Crippen LogP contribution in [0.25, 0.3) is 0 Å². The van der Waals surface area contributed by atoms with Crippen molar-refractivity contribution in [3.05, 3.63) is 48.5 Å². The second-order valence-electron chi connectivity index (χ2n) is 4.78. The Kier molecular flexibility index (Phi) is 5.68. The number of rotatable bonds is 8. The van der Waals surface area contributed by atoms with E-state index in [4.69, 9.17) is 0 Å². The molecule has 1 atom stereocenters. The quantitative estimate of drug-likeness (QED) is 0.760. The normalized spacial score (nSPS) is 12.6. The van der Waals surface area contributed by atoms with Crippen LogP contribution >= 0.6 is 0 Å². The molecular formula is C15H19F2N3O. The first-order valence-electron chi connectivity index (χ1n) is 6.89. The van der Waals surface area contributed by atoms with E-state index in [1.54, 1.807) is 24.7 Å². The number of benzene rings is 1. The Morgan fingerprint density at radius 3 is 2.95 bits per heavy atom. The van der Waals surface area contributed by atoms with E-state index >= 15 is 0 Å². The van der Waals surface area contributed by atoms with Crippen molar-refractivity contribution in [2.45, 2.75) is 32.5 Å². The molecule has 1 aromatic heterocycles. The van der Waals surface area contributed by atoms with E-state index in [1.165, 1.54) is 6.07 Å². The average Bonchev–Trinajstić information content (AvgIpc) is 2.96. The summed E-state index contributed by atoms with van der Waals surface area (Å²) in [6.07, 6.45) is 6.43. The summed E-state index contributed by atoms with van der Waals surface area (Å²) in [5.41, 5.74) is 0.927. The van der Waals surface area contributed by atoms with Crippen LogP contribution in [0.4, 0.5) is 8.78 Å². The van der Waals surface area contributed by atoms with Crippen molar-refractivity contribution < 1.29 is 13.5 Å². The van der Waals surface area contributed by atoms with Crippen LogP contribution in [0.15, 0.2) is 43.0 Å². The molecule has 0 bridgehead atoms. The number of aryl methyl sites for hydroxylation is 1. The molecule has 1 aromatic carbocycles. The minimum Gasteiger partial charge on any atom is -0.435 e. The van der Waals surface area contributed by atoms with Gasteiger partial charge in [0.05, 0.1) is 6.33 Å². The van der Waals surface area contributed by atoms with Gasteiger partial charge in [-0.1, -0.05) is 12.1 Å². The number of alkyl halides is 2. The Hall–Kier alpha value is -1.95. The second kappa shape index (κ2) is 7.73. The molecule has 0 fully saturated rings.